The molecule has 0 saturated carbocycles. The molecule has 1 atom stereocenters. The molecule has 0 spiro atoms. The van der Waals surface area contributed by atoms with E-state index in [1.165, 1.54) is 6.07 Å². The first kappa shape index (κ1) is 14.4. The van der Waals surface area contributed by atoms with Crippen molar-refractivity contribution < 1.29 is 12.8 Å². The monoisotopic (exact) mass is 279 g/mol. The second-order valence-corrected chi connectivity index (χ2v) is 6.36. The first-order valence-corrected chi connectivity index (χ1v) is 7.25. The van der Waals surface area contributed by atoms with Crippen molar-refractivity contribution in [3.63, 3.8) is 0 Å². The van der Waals surface area contributed by atoms with Crippen LogP contribution in [0.3, 0.4) is 0 Å². The molecule has 0 heterocycles. The first-order valence-electron chi connectivity index (χ1n) is 5.32. The van der Waals surface area contributed by atoms with E-state index in [0.717, 1.165) is 12.1 Å². The Kier molecular flexibility index (Phi) is 4.91. The minimum absolute atomic E-state index is 0.0456. The molecule has 6 heteroatoms. The zero-order valence-corrected chi connectivity index (χ0v) is 11.1. The van der Waals surface area contributed by atoms with E-state index < -0.39 is 20.9 Å². The van der Waals surface area contributed by atoms with Crippen LogP contribution in [0, 0.1) is 5.82 Å². The van der Waals surface area contributed by atoms with Gasteiger partial charge in [0.1, 0.15) is 5.82 Å². The van der Waals surface area contributed by atoms with Gasteiger partial charge >= 0.3 is 0 Å². The minimum atomic E-state index is -3.48. The minimum Gasteiger partial charge on any atom is -0.330 e. The summed E-state index contributed by atoms with van der Waals surface area (Å²) in [4.78, 5) is 0.0456. The van der Waals surface area contributed by atoms with Gasteiger partial charge in [-0.1, -0.05) is 18.5 Å². The van der Waals surface area contributed by atoms with Crippen molar-refractivity contribution in [2.75, 3.05) is 6.54 Å². The summed E-state index contributed by atoms with van der Waals surface area (Å²) < 4.78 is 37.3. The molecule has 17 heavy (non-hydrogen) atoms. The summed E-state index contributed by atoms with van der Waals surface area (Å²) >= 11 is 5.58. The topological polar surface area (TPSA) is 60.2 Å². The Labute approximate surface area is 106 Å². The van der Waals surface area contributed by atoms with E-state index >= 15 is 0 Å². The van der Waals surface area contributed by atoms with Crippen molar-refractivity contribution in [3.05, 3.63) is 29.0 Å². The standard InChI is InChI=1S/C11H15ClFNO2S/c1-2-8(5-6-14)17(15,16)9-3-4-11(13)10(12)7-9/h3-4,7-8H,2,5-6,14H2,1H3. The lowest BCUT2D eigenvalue weighted by atomic mass is 10.2. The van der Waals surface area contributed by atoms with Gasteiger partial charge in [0.15, 0.2) is 9.84 Å². The van der Waals surface area contributed by atoms with Gasteiger partial charge in [0.2, 0.25) is 0 Å². The van der Waals surface area contributed by atoms with Gasteiger partial charge in [-0.15, -0.1) is 0 Å². The fraction of sp³-hybridized carbons (Fsp3) is 0.455. The van der Waals surface area contributed by atoms with Crippen molar-refractivity contribution >= 4 is 21.4 Å². The smallest absolute Gasteiger partial charge is 0.181 e. The van der Waals surface area contributed by atoms with E-state index in [9.17, 15) is 12.8 Å². The second kappa shape index (κ2) is 5.80. The Bertz CT molecular complexity index is 490. The van der Waals surface area contributed by atoms with Crippen LogP contribution in [-0.2, 0) is 9.84 Å². The Morgan fingerprint density at radius 2 is 2.12 bits per heavy atom. The molecule has 2 N–H and O–H groups in total. The van der Waals surface area contributed by atoms with Gasteiger partial charge in [-0.2, -0.15) is 0 Å². The molecule has 0 fully saturated rings. The fourth-order valence-corrected chi connectivity index (χ4v) is 3.67. The van der Waals surface area contributed by atoms with E-state index in [-0.39, 0.29) is 9.92 Å². The van der Waals surface area contributed by atoms with Crippen molar-refractivity contribution in [2.45, 2.75) is 29.9 Å². The Morgan fingerprint density at radius 1 is 1.47 bits per heavy atom. The molecule has 1 unspecified atom stereocenters. The van der Waals surface area contributed by atoms with Gasteiger partial charge in [0, 0.05) is 0 Å². The molecule has 0 aliphatic heterocycles. The summed E-state index contributed by atoms with van der Waals surface area (Å²) in [7, 11) is -3.48. The normalized spacial score (nSPS) is 13.6. The summed E-state index contributed by atoms with van der Waals surface area (Å²) in [5.74, 6) is -0.627. The average Bonchev–Trinajstić information content (AvgIpc) is 2.29. The number of hydrogen-bond donors (Lipinski definition) is 1. The van der Waals surface area contributed by atoms with Crippen LogP contribution in [0.15, 0.2) is 23.1 Å². The maximum Gasteiger partial charge on any atom is 0.181 e. The van der Waals surface area contributed by atoms with Crippen LogP contribution in [0.1, 0.15) is 19.8 Å². The zero-order chi connectivity index (χ0) is 13.1. The van der Waals surface area contributed by atoms with Crippen LogP contribution in [0.4, 0.5) is 4.39 Å². The third-order valence-corrected chi connectivity index (χ3v) is 5.25. The largest absolute Gasteiger partial charge is 0.330 e. The van der Waals surface area contributed by atoms with Gasteiger partial charge in [-0.3, -0.25) is 0 Å². The Balaban J connectivity index is 3.15. The highest BCUT2D eigenvalue weighted by Gasteiger charge is 2.25. The van der Waals surface area contributed by atoms with Gasteiger partial charge in [-0.05, 0) is 37.6 Å². The lowest BCUT2D eigenvalue weighted by molar-refractivity contribution is 0.567. The van der Waals surface area contributed by atoms with Crippen LogP contribution < -0.4 is 5.73 Å². The lowest BCUT2D eigenvalue weighted by Crippen LogP contribution is -2.24. The number of benzene rings is 1. The molecular formula is C11H15ClFNO2S. The highest BCUT2D eigenvalue weighted by atomic mass is 35.5. The first-order chi connectivity index (χ1) is 7.93. The van der Waals surface area contributed by atoms with Gasteiger partial charge in [-0.25, -0.2) is 12.8 Å². The van der Waals surface area contributed by atoms with Crippen LogP contribution in [-0.4, -0.2) is 20.2 Å². The highest BCUT2D eigenvalue weighted by Crippen LogP contribution is 2.24. The number of rotatable bonds is 5. The van der Waals surface area contributed by atoms with Gasteiger partial charge < -0.3 is 5.73 Å². The van der Waals surface area contributed by atoms with E-state index in [1.54, 1.807) is 6.92 Å². The van der Waals surface area contributed by atoms with Gasteiger partial charge in [0.05, 0.1) is 15.2 Å². The van der Waals surface area contributed by atoms with Crippen molar-refractivity contribution in [3.8, 4) is 0 Å². The maximum atomic E-state index is 13.0. The molecule has 0 aliphatic rings. The number of nitrogens with two attached hydrogens (primary N) is 1. The fourth-order valence-electron chi connectivity index (χ4n) is 1.61. The Morgan fingerprint density at radius 3 is 2.59 bits per heavy atom. The highest BCUT2D eigenvalue weighted by molar-refractivity contribution is 7.92. The Hall–Kier alpha value is -0.650. The molecule has 1 aromatic rings. The van der Waals surface area contributed by atoms with Gasteiger partial charge in [0.25, 0.3) is 0 Å². The van der Waals surface area contributed by atoms with Crippen LogP contribution in [0.25, 0.3) is 0 Å². The molecule has 96 valence electrons. The summed E-state index contributed by atoms with van der Waals surface area (Å²) in [6.07, 6.45) is 0.850. The van der Waals surface area contributed by atoms with Crippen LogP contribution in [0.2, 0.25) is 5.02 Å². The van der Waals surface area contributed by atoms with E-state index in [2.05, 4.69) is 0 Å². The lowest BCUT2D eigenvalue weighted by Gasteiger charge is -2.15. The molecule has 0 radical (unpaired) electrons. The van der Waals surface area contributed by atoms with Crippen molar-refractivity contribution in [1.82, 2.24) is 0 Å². The predicted molar refractivity (Wildman–Crippen MR) is 66.3 cm³/mol. The SMILES string of the molecule is CCC(CCN)S(=O)(=O)c1ccc(F)c(Cl)c1. The average molecular weight is 280 g/mol. The molecule has 0 amide bonds. The molecular weight excluding hydrogens is 265 g/mol. The third kappa shape index (κ3) is 3.18. The molecule has 0 aliphatic carbocycles. The van der Waals surface area contributed by atoms with E-state index in [0.29, 0.717) is 19.4 Å². The number of hydrogen-bond acceptors (Lipinski definition) is 3. The molecule has 1 rings (SSSR count). The van der Waals surface area contributed by atoms with Crippen LogP contribution in [0.5, 0.6) is 0 Å². The summed E-state index contributed by atoms with van der Waals surface area (Å²) in [5, 5.41) is -0.734. The van der Waals surface area contributed by atoms with E-state index in [4.69, 9.17) is 17.3 Å². The molecule has 0 saturated heterocycles. The molecule has 3 nitrogen and oxygen atoms in total. The second-order valence-electron chi connectivity index (χ2n) is 3.73. The number of halogens is 2. The van der Waals surface area contributed by atoms with E-state index in [1.807, 2.05) is 0 Å². The summed E-state index contributed by atoms with van der Waals surface area (Å²) in [5.41, 5.74) is 5.38. The third-order valence-electron chi connectivity index (χ3n) is 2.60. The quantitative estimate of drug-likeness (QED) is 0.842. The summed E-state index contributed by atoms with van der Waals surface area (Å²) in [6, 6.07) is 3.44. The molecule has 1 aromatic carbocycles. The predicted octanol–water partition coefficient (Wildman–Crippen LogP) is 2.38. The molecule has 0 aromatic heterocycles. The maximum absolute atomic E-state index is 13.0. The zero-order valence-electron chi connectivity index (χ0n) is 9.49. The molecule has 0 bridgehead atoms. The van der Waals surface area contributed by atoms with Crippen molar-refractivity contribution in [2.24, 2.45) is 5.73 Å². The van der Waals surface area contributed by atoms with Crippen molar-refractivity contribution in [1.29, 1.82) is 0 Å². The van der Waals surface area contributed by atoms with Crippen LogP contribution >= 0.6 is 11.6 Å². The summed E-state index contributed by atoms with van der Waals surface area (Å²) in [6.45, 7) is 2.08. The number of sulfone groups is 1.